The van der Waals surface area contributed by atoms with E-state index in [-0.39, 0.29) is 12.4 Å². The first kappa shape index (κ1) is 46.7. The van der Waals surface area contributed by atoms with Crippen molar-refractivity contribution in [2.75, 3.05) is 26.4 Å². The van der Waals surface area contributed by atoms with Crippen molar-refractivity contribution >= 4 is 43.2 Å². The second-order valence-corrected chi connectivity index (χ2v) is 23.8. The SMILES string of the molecule is CC(=O)OCCCn1cc(C2CCOCC2)c2ccc(-c3cc(C[C@H](NC(=O)OC(C)(C)C)C(=O)N4CCC[C@@H](C(=O)O)N4)cc(O[Si](C(C)C)(C(C)C)C(C)C)c3)cc21. The lowest BCUT2D eigenvalue weighted by atomic mass is 9.91. The lowest BCUT2D eigenvalue weighted by molar-refractivity contribution is -0.148. The molecule has 3 N–H and O–H groups in total. The Bertz CT molecular complexity index is 1960. The molecule has 2 fully saturated rings. The maximum Gasteiger partial charge on any atom is 0.408 e. The molecule has 2 atom stereocenters. The number of hydrogen-bond acceptors (Lipinski definition) is 9. The number of nitrogens with zero attached hydrogens (tertiary/aromatic N) is 2. The average molecular weight is 849 g/mol. The zero-order valence-corrected chi connectivity index (χ0v) is 38.4. The predicted octanol–water partition coefficient (Wildman–Crippen LogP) is 8.73. The second kappa shape index (κ2) is 20.0. The van der Waals surface area contributed by atoms with E-state index in [4.69, 9.17) is 18.6 Å². The van der Waals surface area contributed by atoms with Crippen LogP contribution in [0.5, 0.6) is 5.75 Å². The summed E-state index contributed by atoms with van der Waals surface area (Å²) in [6.07, 6.45) is 5.05. The van der Waals surface area contributed by atoms with Gasteiger partial charge in [0.05, 0.1) is 6.61 Å². The number of aliphatic carboxylic acids is 1. The van der Waals surface area contributed by atoms with Gasteiger partial charge in [0, 0.05) is 56.7 Å². The Hall–Kier alpha value is -4.40. The number of hydrazine groups is 1. The highest BCUT2D eigenvalue weighted by Gasteiger charge is 2.47. The van der Waals surface area contributed by atoms with Gasteiger partial charge in [-0.2, -0.15) is 0 Å². The average Bonchev–Trinajstić information content (AvgIpc) is 3.54. The summed E-state index contributed by atoms with van der Waals surface area (Å²) >= 11 is 0. The number of amides is 2. The molecule has 14 heteroatoms. The van der Waals surface area contributed by atoms with Gasteiger partial charge in [0.15, 0.2) is 0 Å². The van der Waals surface area contributed by atoms with Crippen molar-refractivity contribution in [2.45, 2.75) is 155 Å². The molecule has 2 amide bonds. The summed E-state index contributed by atoms with van der Waals surface area (Å²) in [5, 5.41) is 15.1. The number of nitrogens with one attached hydrogen (secondary N) is 2. The minimum atomic E-state index is -2.45. The molecule has 60 heavy (non-hydrogen) atoms. The maximum atomic E-state index is 14.3. The van der Waals surface area contributed by atoms with Gasteiger partial charge in [-0.05, 0) is 116 Å². The van der Waals surface area contributed by atoms with Crippen molar-refractivity contribution in [1.29, 1.82) is 0 Å². The number of hydrogen-bond donors (Lipinski definition) is 3. The number of alkyl carbamates (subject to hydrolysis) is 1. The number of carboxylic acid groups (broad SMARTS) is 1. The number of benzene rings is 2. The highest BCUT2D eigenvalue weighted by atomic mass is 28.4. The molecule has 0 aliphatic carbocycles. The lowest BCUT2D eigenvalue weighted by Crippen LogP contribution is -2.60. The summed E-state index contributed by atoms with van der Waals surface area (Å²) in [6, 6.07) is 10.7. The number of ether oxygens (including phenoxy) is 3. The highest BCUT2D eigenvalue weighted by molar-refractivity contribution is 6.78. The molecule has 5 rings (SSSR count). The molecule has 3 heterocycles. The summed E-state index contributed by atoms with van der Waals surface area (Å²) in [4.78, 5) is 51.1. The zero-order chi connectivity index (χ0) is 43.9. The number of rotatable bonds is 16. The van der Waals surface area contributed by atoms with Gasteiger partial charge >= 0.3 is 18.0 Å². The minimum Gasteiger partial charge on any atom is -0.543 e. The van der Waals surface area contributed by atoms with Gasteiger partial charge in [0.25, 0.3) is 14.2 Å². The number of aromatic nitrogens is 1. The number of carbonyl (C=O) groups is 4. The number of esters is 1. The first-order valence-electron chi connectivity index (χ1n) is 21.8. The van der Waals surface area contributed by atoms with Gasteiger partial charge in [-0.1, -0.05) is 59.7 Å². The highest BCUT2D eigenvalue weighted by Crippen LogP contribution is 2.44. The van der Waals surface area contributed by atoms with Crippen LogP contribution in [0, 0.1) is 0 Å². The van der Waals surface area contributed by atoms with E-state index in [9.17, 15) is 24.3 Å². The Morgan fingerprint density at radius 1 is 0.950 bits per heavy atom. The molecule has 0 saturated carbocycles. The van der Waals surface area contributed by atoms with Crippen molar-refractivity contribution in [2.24, 2.45) is 0 Å². The van der Waals surface area contributed by atoms with E-state index in [1.165, 1.54) is 22.9 Å². The first-order chi connectivity index (χ1) is 28.3. The van der Waals surface area contributed by atoms with E-state index in [0.717, 1.165) is 48.3 Å². The summed E-state index contributed by atoms with van der Waals surface area (Å²) in [5.41, 5.74) is 7.95. The fourth-order valence-corrected chi connectivity index (χ4v) is 14.5. The number of carboxylic acids is 1. The third kappa shape index (κ3) is 11.5. The second-order valence-electron chi connectivity index (χ2n) is 18.4. The van der Waals surface area contributed by atoms with Gasteiger partial charge in [0.1, 0.15) is 23.4 Å². The fourth-order valence-electron chi connectivity index (χ4n) is 9.23. The van der Waals surface area contributed by atoms with Crippen molar-refractivity contribution < 1.29 is 42.9 Å². The molecule has 330 valence electrons. The van der Waals surface area contributed by atoms with Crippen LogP contribution in [0.25, 0.3) is 22.0 Å². The van der Waals surface area contributed by atoms with E-state index in [2.05, 4.69) is 87.3 Å². The van der Waals surface area contributed by atoms with Crippen LogP contribution < -0.4 is 15.2 Å². The van der Waals surface area contributed by atoms with E-state index >= 15 is 0 Å². The summed E-state index contributed by atoms with van der Waals surface area (Å²) in [6.45, 7) is 22.9. The molecular weight excluding hydrogens is 781 g/mol. The standard InChI is InChI=1S/C46H68N4O9Si/c1-29(2)60(30(3)4,31(5)6)59-37-24-33(25-41(47-45(55)58-46(8,9)10)43(52)50-19-11-13-40(48-50)44(53)54)23-36(26-37)35-14-15-38-39(34-16-21-56-22-17-34)28-49(42(38)27-35)18-12-20-57-32(7)51/h14-15,23-24,26-31,34,40-41,48H,11-13,16-22,25H2,1-10H3,(H,47,55)(H,53,54)/t40-,41-/m0/s1. The van der Waals surface area contributed by atoms with Gasteiger partial charge < -0.3 is 33.6 Å². The van der Waals surface area contributed by atoms with E-state index in [1.54, 1.807) is 20.8 Å². The molecule has 2 aromatic carbocycles. The summed E-state index contributed by atoms with van der Waals surface area (Å²) in [5.74, 6) is -0.714. The van der Waals surface area contributed by atoms with Gasteiger partial charge in [0.2, 0.25) is 0 Å². The van der Waals surface area contributed by atoms with Crippen LogP contribution in [0.3, 0.4) is 0 Å². The molecule has 13 nitrogen and oxygen atoms in total. The maximum absolute atomic E-state index is 14.3. The smallest absolute Gasteiger partial charge is 0.408 e. The van der Waals surface area contributed by atoms with Crippen LogP contribution in [0.4, 0.5) is 4.79 Å². The quantitative estimate of drug-likeness (QED) is 0.0724. The van der Waals surface area contributed by atoms with Crippen LogP contribution in [-0.4, -0.2) is 91.0 Å². The van der Waals surface area contributed by atoms with Gasteiger partial charge in [-0.25, -0.2) is 10.2 Å². The molecule has 0 bridgehead atoms. The van der Waals surface area contributed by atoms with Crippen LogP contribution in [0.15, 0.2) is 42.6 Å². The van der Waals surface area contributed by atoms with E-state index < -0.39 is 44.0 Å². The summed E-state index contributed by atoms with van der Waals surface area (Å²) < 4.78 is 26.2. The number of aryl methyl sites for hydroxylation is 1. The Labute approximate surface area is 356 Å². The summed E-state index contributed by atoms with van der Waals surface area (Å²) in [7, 11) is -2.45. The van der Waals surface area contributed by atoms with Gasteiger partial charge in [-0.3, -0.25) is 19.4 Å². The van der Waals surface area contributed by atoms with Crippen molar-refractivity contribution in [3.05, 3.63) is 53.7 Å². The third-order valence-electron chi connectivity index (χ3n) is 11.9. The third-order valence-corrected chi connectivity index (χ3v) is 17.9. The monoisotopic (exact) mass is 848 g/mol. The molecule has 0 unspecified atom stereocenters. The van der Waals surface area contributed by atoms with E-state index in [1.807, 2.05) is 12.1 Å². The zero-order valence-electron chi connectivity index (χ0n) is 37.4. The Kier molecular flexibility index (Phi) is 15.5. The fraction of sp³-hybridized carbons (Fsp3) is 0.609. The normalized spacial score (nSPS) is 17.3. The largest absolute Gasteiger partial charge is 0.543 e. The minimum absolute atomic E-state index is 0.0977. The number of carbonyl (C=O) groups excluding carboxylic acids is 3. The first-order valence-corrected chi connectivity index (χ1v) is 23.9. The van der Waals surface area contributed by atoms with Crippen LogP contribution in [0.1, 0.15) is 118 Å². The predicted molar refractivity (Wildman–Crippen MR) is 235 cm³/mol. The van der Waals surface area contributed by atoms with Crippen molar-refractivity contribution in [3.63, 3.8) is 0 Å². The van der Waals surface area contributed by atoms with Crippen molar-refractivity contribution in [1.82, 2.24) is 20.3 Å². The molecule has 1 aromatic heterocycles. The molecule has 0 radical (unpaired) electrons. The molecule has 3 aromatic rings. The van der Waals surface area contributed by atoms with Crippen LogP contribution in [-0.2, 0) is 41.6 Å². The molecular formula is C46H68N4O9Si. The Balaban J connectivity index is 1.62. The number of fused-ring (bicyclic) bond motifs is 1. The van der Waals surface area contributed by atoms with Crippen LogP contribution in [0.2, 0.25) is 16.6 Å². The van der Waals surface area contributed by atoms with Crippen molar-refractivity contribution in [3.8, 4) is 16.9 Å². The molecule has 2 aliphatic heterocycles. The molecule has 0 spiro atoms. The van der Waals surface area contributed by atoms with Crippen LogP contribution >= 0.6 is 0 Å². The van der Waals surface area contributed by atoms with E-state index in [0.29, 0.717) is 67.2 Å². The Morgan fingerprint density at radius 2 is 1.63 bits per heavy atom. The molecule has 2 aliphatic rings. The molecule has 2 saturated heterocycles. The topological polar surface area (TPSA) is 158 Å². The lowest BCUT2D eigenvalue weighted by Gasteiger charge is -2.42. The van der Waals surface area contributed by atoms with Gasteiger partial charge in [-0.15, -0.1) is 0 Å². The Morgan fingerprint density at radius 3 is 2.25 bits per heavy atom.